The molecule has 2 rings (SSSR count). The van der Waals surface area contributed by atoms with E-state index in [0.29, 0.717) is 6.04 Å². The van der Waals surface area contributed by atoms with E-state index in [1.807, 2.05) is 12.1 Å². The van der Waals surface area contributed by atoms with Gasteiger partial charge in [-0.15, -0.1) is 0 Å². The molecule has 1 fully saturated rings. The second-order valence-electron chi connectivity index (χ2n) is 3.92. The Balaban J connectivity index is 2.12. The van der Waals surface area contributed by atoms with Crippen LogP contribution in [0.1, 0.15) is 12.8 Å². The first-order chi connectivity index (χ1) is 7.29. The molecule has 3 nitrogen and oxygen atoms in total. The van der Waals surface area contributed by atoms with Gasteiger partial charge in [0.15, 0.2) is 0 Å². The molecule has 0 radical (unpaired) electrons. The van der Waals surface area contributed by atoms with E-state index < -0.39 is 0 Å². The van der Waals surface area contributed by atoms with Gasteiger partial charge >= 0.3 is 0 Å². The fraction of sp³-hybridized carbons (Fsp3) is 0.545. The maximum atomic E-state index is 6.11. The van der Waals surface area contributed by atoms with Crippen molar-refractivity contribution < 1.29 is 0 Å². The van der Waals surface area contributed by atoms with Crippen LogP contribution in [0.4, 0.5) is 5.82 Å². The summed E-state index contributed by atoms with van der Waals surface area (Å²) in [6.45, 7) is 2.14. The molecule has 1 aromatic heterocycles. The zero-order valence-corrected chi connectivity index (χ0v) is 9.67. The van der Waals surface area contributed by atoms with Gasteiger partial charge in [0, 0.05) is 25.8 Å². The normalized spacial score (nSPS) is 21.3. The second-order valence-corrected chi connectivity index (χ2v) is 4.33. The number of pyridine rings is 1. The monoisotopic (exact) mass is 225 g/mol. The lowest BCUT2D eigenvalue weighted by molar-refractivity contribution is 0.443. The van der Waals surface area contributed by atoms with Gasteiger partial charge in [0.25, 0.3) is 0 Å². The second kappa shape index (κ2) is 4.81. The van der Waals surface area contributed by atoms with E-state index in [-0.39, 0.29) is 0 Å². The molecule has 1 aliphatic rings. The van der Waals surface area contributed by atoms with Crippen LogP contribution in [-0.2, 0) is 0 Å². The van der Waals surface area contributed by atoms with Gasteiger partial charge in [0.1, 0.15) is 5.82 Å². The molecule has 1 atom stereocenters. The molecular weight excluding hydrogens is 210 g/mol. The molecule has 1 aliphatic heterocycles. The summed E-state index contributed by atoms with van der Waals surface area (Å²) in [6, 6.07) is 4.25. The maximum absolute atomic E-state index is 6.11. The van der Waals surface area contributed by atoms with Crippen molar-refractivity contribution in [3.63, 3.8) is 0 Å². The number of hydrogen-bond donors (Lipinski definition) is 1. The average Bonchev–Trinajstić information content (AvgIpc) is 2.30. The molecule has 1 saturated heterocycles. The number of rotatable bonds is 2. The minimum absolute atomic E-state index is 0.506. The molecule has 0 amide bonds. The van der Waals surface area contributed by atoms with Crippen LogP contribution in [0, 0.1) is 0 Å². The van der Waals surface area contributed by atoms with Crippen LogP contribution < -0.4 is 10.2 Å². The zero-order valence-electron chi connectivity index (χ0n) is 8.91. The predicted octanol–water partition coefficient (Wildman–Crippen LogP) is 1.92. The van der Waals surface area contributed by atoms with Crippen LogP contribution in [0.3, 0.4) is 0 Å². The third-order valence-electron chi connectivity index (χ3n) is 2.89. The van der Waals surface area contributed by atoms with Crippen LogP contribution in [-0.4, -0.2) is 31.2 Å². The number of hydrogen-bond acceptors (Lipinski definition) is 3. The van der Waals surface area contributed by atoms with Gasteiger partial charge in [-0.25, -0.2) is 4.98 Å². The van der Waals surface area contributed by atoms with Crippen molar-refractivity contribution in [2.24, 2.45) is 0 Å². The van der Waals surface area contributed by atoms with Crippen LogP contribution >= 0.6 is 11.6 Å². The molecule has 1 aromatic rings. The predicted molar refractivity (Wildman–Crippen MR) is 63.5 cm³/mol. The summed E-state index contributed by atoms with van der Waals surface area (Å²) >= 11 is 6.11. The molecule has 0 aliphatic carbocycles. The Bertz CT molecular complexity index is 323. The Hall–Kier alpha value is -0.800. The lowest BCUT2D eigenvalue weighted by Gasteiger charge is -2.32. The van der Waals surface area contributed by atoms with Crippen LogP contribution in [0.5, 0.6) is 0 Å². The number of piperidine rings is 1. The molecule has 0 aromatic carbocycles. The van der Waals surface area contributed by atoms with Gasteiger partial charge in [-0.3, -0.25) is 0 Å². The number of halogens is 1. The molecule has 1 unspecified atom stereocenters. The van der Waals surface area contributed by atoms with Gasteiger partial charge in [0.2, 0.25) is 0 Å². The number of nitrogens with zero attached hydrogens (tertiary/aromatic N) is 2. The Labute approximate surface area is 95.4 Å². The van der Waals surface area contributed by atoms with Crippen molar-refractivity contribution in [1.29, 1.82) is 0 Å². The van der Waals surface area contributed by atoms with Crippen molar-refractivity contribution in [2.45, 2.75) is 18.9 Å². The number of nitrogens with one attached hydrogen (secondary N) is 1. The third-order valence-corrected chi connectivity index (χ3v) is 3.19. The minimum Gasteiger partial charge on any atom is -0.354 e. The summed E-state index contributed by atoms with van der Waals surface area (Å²) in [4.78, 5) is 6.49. The van der Waals surface area contributed by atoms with Crippen molar-refractivity contribution >= 4 is 17.4 Å². The number of anilines is 1. The summed E-state index contributed by atoms with van der Waals surface area (Å²) in [5, 5.41) is 4.12. The van der Waals surface area contributed by atoms with E-state index in [1.165, 1.54) is 12.8 Å². The molecule has 15 heavy (non-hydrogen) atoms. The SMILES string of the molecule is CN(c1ncccc1Cl)C1CCCNC1. The number of likely N-dealkylation sites (N-methyl/N-ethyl adjacent to an activating group) is 1. The summed E-state index contributed by atoms with van der Waals surface area (Å²) in [6.07, 6.45) is 4.21. The van der Waals surface area contributed by atoms with Crippen molar-refractivity contribution in [2.75, 3.05) is 25.0 Å². The van der Waals surface area contributed by atoms with E-state index in [0.717, 1.165) is 23.9 Å². The maximum Gasteiger partial charge on any atom is 0.147 e. The summed E-state index contributed by atoms with van der Waals surface area (Å²) in [7, 11) is 2.06. The van der Waals surface area contributed by atoms with Crippen LogP contribution in [0.2, 0.25) is 5.02 Å². The summed E-state index contributed by atoms with van der Waals surface area (Å²) < 4.78 is 0. The third kappa shape index (κ3) is 2.41. The Morgan fingerprint density at radius 2 is 2.47 bits per heavy atom. The first-order valence-corrected chi connectivity index (χ1v) is 5.71. The van der Waals surface area contributed by atoms with Gasteiger partial charge in [0.05, 0.1) is 5.02 Å². The van der Waals surface area contributed by atoms with Gasteiger partial charge in [-0.1, -0.05) is 11.6 Å². The summed E-state index contributed by atoms with van der Waals surface area (Å²) in [5.41, 5.74) is 0. The fourth-order valence-electron chi connectivity index (χ4n) is 1.97. The highest BCUT2D eigenvalue weighted by molar-refractivity contribution is 6.32. The van der Waals surface area contributed by atoms with Crippen molar-refractivity contribution in [1.82, 2.24) is 10.3 Å². The standard InChI is InChI=1S/C11H16ClN3/c1-15(9-4-2-6-13-8-9)11-10(12)5-3-7-14-11/h3,5,7,9,13H,2,4,6,8H2,1H3. The molecule has 1 N–H and O–H groups in total. The topological polar surface area (TPSA) is 28.2 Å². The molecule has 2 heterocycles. The minimum atomic E-state index is 0.506. The van der Waals surface area contributed by atoms with Crippen LogP contribution in [0.25, 0.3) is 0 Å². The quantitative estimate of drug-likeness (QED) is 0.834. The average molecular weight is 226 g/mol. The summed E-state index contributed by atoms with van der Waals surface area (Å²) in [5.74, 6) is 0.882. The Kier molecular flexibility index (Phi) is 3.44. The Morgan fingerprint density at radius 3 is 3.13 bits per heavy atom. The molecular formula is C11H16ClN3. The highest BCUT2D eigenvalue weighted by Gasteiger charge is 2.20. The van der Waals surface area contributed by atoms with Gasteiger partial charge in [-0.05, 0) is 31.5 Å². The zero-order chi connectivity index (χ0) is 10.7. The Morgan fingerprint density at radius 1 is 1.60 bits per heavy atom. The van der Waals surface area contributed by atoms with E-state index in [9.17, 15) is 0 Å². The van der Waals surface area contributed by atoms with Crippen LogP contribution in [0.15, 0.2) is 18.3 Å². The highest BCUT2D eigenvalue weighted by Crippen LogP contribution is 2.24. The first kappa shape index (κ1) is 10.7. The number of aromatic nitrogens is 1. The molecule has 0 saturated carbocycles. The van der Waals surface area contributed by atoms with E-state index in [2.05, 4.69) is 22.2 Å². The molecule has 0 spiro atoms. The molecule has 0 bridgehead atoms. The van der Waals surface area contributed by atoms with Crippen molar-refractivity contribution in [3.8, 4) is 0 Å². The lowest BCUT2D eigenvalue weighted by atomic mass is 10.1. The molecule has 4 heteroatoms. The highest BCUT2D eigenvalue weighted by atomic mass is 35.5. The van der Waals surface area contributed by atoms with E-state index >= 15 is 0 Å². The first-order valence-electron chi connectivity index (χ1n) is 5.33. The largest absolute Gasteiger partial charge is 0.354 e. The van der Waals surface area contributed by atoms with Gasteiger partial charge in [-0.2, -0.15) is 0 Å². The van der Waals surface area contributed by atoms with Crippen molar-refractivity contribution in [3.05, 3.63) is 23.4 Å². The smallest absolute Gasteiger partial charge is 0.147 e. The van der Waals surface area contributed by atoms with E-state index in [4.69, 9.17) is 11.6 Å². The van der Waals surface area contributed by atoms with Gasteiger partial charge < -0.3 is 10.2 Å². The molecule has 82 valence electrons. The van der Waals surface area contributed by atoms with E-state index in [1.54, 1.807) is 6.20 Å². The fourth-order valence-corrected chi connectivity index (χ4v) is 2.23. The lowest BCUT2D eigenvalue weighted by Crippen LogP contribution is -2.44.